The maximum atomic E-state index is 7.07. The molecule has 0 saturated carbocycles. The molecule has 0 fully saturated rings. The summed E-state index contributed by atoms with van der Waals surface area (Å²) in [5.41, 5.74) is 8.82. The highest BCUT2D eigenvalue weighted by atomic mass is 32.1. The van der Waals surface area contributed by atoms with Crippen LogP contribution in [0.4, 0.5) is 0 Å². The molecule has 4 nitrogen and oxygen atoms in total. The van der Waals surface area contributed by atoms with Crippen LogP contribution in [-0.4, -0.2) is 9.97 Å². The first kappa shape index (κ1) is 26.1. The summed E-state index contributed by atoms with van der Waals surface area (Å²) in [5, 5.41) is 2.19. The summed E-state index contributed by atoms with van der Waals surface area (Å²) in [5.74, 6) is 3.70. The van der Waals surface area contributed by atoms with Crippen molar-refractivity contribution in [3.8, 4) is 45.3 Å². The number of aromatic nitrogens is 2. The van der Waals surface area contributed by atoms with Gasteiger partial charge in [0.1, 0.15) is 5.41 Å². The molecule has 1 atom stereocenters. The van der Waals surface area contributed by atoms with E-state index >= 15 is 0 Å². The second kappa shape index (κ2) is 9.50. The average molecular weight is 633 g/mol. The fraction of sp³-hybridized carbons (Fsp3) is 0.0233. The van der Waals surface area contributed by atoms with Gasteiger partial charge >= 0.3 is 0 Å². The number of hydrogen-bond acceptors (Lipinski definition) is 5. The molecule has 0 amide bonds. The van der Waals surface area contributed by atoms with E-state index in [1.54, 1.807) is 0 Å². The molecule has 3 heterocycles. The molecule has 3 aliphatic rings. The van der Waals surface area contributed by atoms with E-state index in [1.807, 2.05) is 47.7 Å². The van der Waals surface area contributed by atoms with Crippen molar-refractivity contribution < 1.29 is 9.47 Å². The van der Waals surface area contributed by atoms with Crippen LogP contribution in [0.25, 0.3) is 60.5 Å². The standard InChI is InChI=1S/C43H24N2O2S/c1-2-13-25(14-3-1)38-28-16-5-8-21-32(28)44-42(45-38)30-19-12-18-27-26-15-4-7-20-31(26)43(37(27)30)40-39(46-33-22-9-10-23-34(33)47-40)36-29-17-6-11-24-35(29)48-41(36)43/h1-24H. The van der Waals surface area contributed by atoms with E-state index in [9.17, 15) is 0 Å². The van der Waals surface area contributed by atoms with Crippen LogP contribution in [-0.2, 0) is 5.41 Å². The van der Waals surface area contributed by atoms with Gasteiger partial charge in [0, 0.05) is 37.0 Å². The minimum atomic E-state index is -0.772. The summed E-state index contributed by atoms with van der Waals surface area (Å²) in [4.78, 5) is 11.8. The predicted molar refractivity (Wildman–Crippen MR) is 192 cm³/mol. The lowest BCUT2D eigenvalue weighted by Gasteiger charge is -2.33. The number of benzene rings is 6. The molecule has 2 aromatic heterocycles. The molecule has 0 bridgehead atoms. The molecule has 0 saturated heterocycles. The monoisotopic (exact) mass is 632 g/mol. The Hall–Kier alpha value is -6.04. The van der Waals surface area contributed by atoms with Gasteiger partial charge in [-0.1, -0.05) is 121 Å². The summed E-state index contributed by atoms with van der Waals surface area (Å²) >= 11 is 1.82. The third-order valence-electron chi connectivity index (χ3n) is 9.94. The highest BCUT2D eigenvalue weighted by Gasteiger charge is 2.59. The minimum Gasteiger partial charge on any atom is -0.452 e. The van der Waals surface area contributed by atoms with Gasteiger partial charge in [-0.25, -0.2) is 9.97 Å². The predicted octanol–water partition coefficient (Wildman–Crippen LogP) is 10.6. The molecule has 0 N–H and O–H groups in total. The Morgan fingerprint density at radius 3 is 2.12 bits per heavy atom. The zero-order valence-electron chi connectivity index (χ0n) is 25.5. The van der Waals surface area contributed by atoms with Gasteiger partial charge in [0.05, 0.1) is 11.2 Å². The van der Waals surface area contributed by atoms with Crippen molar-refractivity contribution in [3.63, 3.8) is 0 Å². The molecule has 5 heteroatoms. The summed E-state index contributed by atoms with van der Waals surface area (Å²) in [7, 11) is 0. The fourth-order valence-electron chi connectivity index (χ4n) is 8.01. The Bertz CT molecular complexity index is 2690. The van der Waals surface area contributed by atoms with E-state index in [0.717, 1.165) is 61.7 Å². The lowest BCUT2D eigenvalue weighted by molar-refractivity contribution is 0.317. The molecule has 0 radical (unpaired) electrons. The van der Waals surface area contributed by atoms with Crippen LogP contribution in [0.2, 0.25) is 0 Å². The van der Waals surface area contributed by atoms with E-state index < -0.39 is 5.41 Å². The first-order valence-corrected chi connectivity index (χ1v) is 16.9. The summed E-state index contributed by atoms with van der Waals surface area (Å²) < 4.78 is 15.2. The van der Waals surface area contributed by atoms with Crippen molar-refractivity contribution in [1.82, 2.24) is 9.97 Å². The number of ether oxygens (including phenoxy) is 2. The van der Waals surface area contributed by atoms with Gasteiger partial charge in [-0.2, -0.15) is 0 Å². The zero-order chi connectivity index (χ0) is 31.4. The Kier molecular flexibility index (Phi) is 5.16. The van der Waals surface area contributed by atoms with Gasteiger partial charge in [0.2, 0.25) is 0 Å². The van der Waals surface area contributed by atoms with Crippen molar-refractivity contribution in [3.05, 3.63) is 173 Å². The molecule has 224 valence electrons. The zero-order valence-corrected chi connectivity index (χ0v) is 26.3. The number of para-hydroxylation sites is 3. The van der Waals surface area contributed by atoms with Gasteiger partial charge in [-0.15, -0.1) is 11.3 Å². The van der Waals surface area contributed by atoms with Crippen LogP contribution in [0.3, 0.4) is 0 Å². The summed E-state index contributed by atoms with van der Waals surface area (Å²) in [6, 6.07) is 50.5. The highest BCUT2D eigenvalue weighted by molar-refractivity contribution is 7.19. The van der Waals surface area contributed by atoms with Crippen LogP contribution in [0.15, 0.2) is 151 Å². The number of hydrogen-bond donors (Lipinski definition) is 0. The van der Waals surface area contributed by atoms with Crippen LogP contribution in [0.1, 0.15) is 21.6 Å². The van der Waals surface area contributed by atoms with Crippen LogP contribution in [0, 0.1) is 0 Å². The van der Waals surface area contributed by atoms with E-state index in [4.69, 9.17) is 19.4 Å². The molecule has 2 aliphatic carbocycles. The smallest absolute Gasteiger partial charge is 0.176 e. The van der Waals surface area contributed by atoms with Gasteiger partial charge in [0.15, 0.2) is 28.8 Å². The van der Waals surface area contributed by atoms with Crippen molar-refractivity contribution in [1.29, 1.82) is 0 Å². The van der Waals surface area contributed by atoms with E-state index in [0.29, 0.717) is 11.6 Å². The first-order chi connectivity index (χ1) is 23.8. The Morgan fingerprint density at radius 2 is 1.23 bits per heavy atom. The second-order valence-corrected chi connectivity index (χ2v) is 13.5. The molecule has 8 aromatic rings. The van der Waals surface area contributed by atoms with Gasteiger partial charge in [-0.05, 0) is 46.5 Å². The van der Waals surface area contributed by atoms with Gasteiger partial charge in [0.25, 0.3) is 0 Å². The normalized spacial score (nSPS) is 16.7. The lowest BCUT2D eigenvalue weighted by Crippen LogP contribution is -2.31. The van der Waals surface area contributed by atoms with E-state index in [1.165, 1.54) is 26.1 Å². The first-order valence-electron chi connectivity index (χ1n) is 16.1. The molecule has 6 aromatic carbocycles. The molecule has 1 spiro atoms. The average Bonchev–Trinajstić information content (AvgIpc) is 3.77. The number of allylic oxidation sites excluding steroid dienone is 1. The molecular weight excluding hydrogens is 609 g/mol. The maximum Gasteiger partial charge on any atom is 0.176 e. The third kappa shape index (κ3) is 3.28. The van der Waals surface area contributed by atoms with Crippen molar-refractivity contribution >= 4 is 38.1 Å². The van der Waals surface area contributed by atoms with Gasteiger partial charge < -0.3 is 9.47 Å². The number of rotatable bonds is 2. The third-order valence-corrected chi connectivity index (χ3v) is 11.2. The summed E-state index contributed by atoms with van der Waals surface area (Å²) in [6.07, 6.45) is 0. The Morgan fingerprint density at radius 1 is 0.542 bits per heavy atom. The Balaban J connectivity index is 1.28. The fourth-order valence-corrected chi connectivity index (χ4v) is 9.42. The molecule has 48 heavy (non-hydrogen) atoms. The van der Waals surface area contributed by atoms with Gasteiger partial charge in [-0.3, -0.25) is 0 Å². The van der Waals surface area contributed by atoms with E-state index in [2.05, 4.69) is 109 Å². The van der Waals surface area contributed by atoms with Crippen LogP contribution >= 0.6 is 11.3 Å². The minimum absolute atomic E-state index is 0.686. The molecule has 1 aliphatic heterocycles. The molecular formula is C43H24N2O2S. The quantitative estimate of drug-likeness (QED) is 0.190. The Labute approximate surface area is 280 Å². The SMILES string of the molecule is c1ccc(-c2nc(-c3cccc4c3C3(C5=C(Oc6ccccc6O5)c5c3sc3ccccc53)c3ccccc3-4)nc3ccccc23)cc1. The molecule has 1 unspecified atom stereocenters. The number of thiophene rings is 1. The highest BCUT2D eigenvalue weighted by Crippen LogP contribution is 2.67. The summed E-state index contributed by atoms with van der Waals surface area (Å²) in [6.45, 7) is 0. The largest absolute Gasteiger partial charge is 0.452 e. The topological polar surface area (TPSA) is 44.2 Å². The molecule has 11 rings (SSSR count). The van der Waals surface area contributed by atoms with E-state index in [-0.39, 0.29) is 0 Å². The van der Waals surface area contributed by atoms with Crippen molar-refractivity contribution in [2.24, 2.45) is 0 Å². The van der Waals surface area contributed by atoms with Crippen LogP contribution in [0.5, 0.6) is 11.5 Å². The van der Waals surface area contributed by atoms with Crippen molar-refractivity contribution in [2.75, 3.05) is 0 Å². The number of fused-ring (bicyclic) bond motifs is 13. The maximum absolute atomic E-state index is 7.07. The second-order valence-electron chi connectivity index (χ2n) is 12.4. The number of nitrogens with zero attached hydrogens (tertiary/aromatic N) is 2. The van der Waals surface area contributed by atoms with Crippen molar-refractivity contribution in [2.45, 2.75) is 5.41 Å². The lowest BCUT2D eigenvalue weighted by atomic mass is 9.75. The van der Waals surface area contributed by atoms with Crippen LogP contribution < -0.4 is 9.47 Å².